The number of nitrogens with two attached hydrogens (primary N) is 1. The highest BCUT2D eigenvalue weighted by atomic mass is 32.1. The van der Waals surface area contributed by atoms with E-state index in [0.29, 0.717) is 30.0 Å². The number of carbonyl (C=O) groups excluding carboxylic acids is 2. The van der Waals surface area contributed by atoms with Gasteiger partial charge in [-0.25, -0.2) is 9.18 Å². The minimum absolute atomic E-state index is 0.0192. The monoisotopic (exact) mass is 576 g/mol. The Hall–Kier alpha value is -4.13. The van der Waals surface area contributed by atoms with Gasteiger partial charge in [-0.15, -0.1) is 11.3 Å². The number of anilines is 1. The molecule has 10 nitrogen and oxygen atoms in total. The summed E-state index contributed by atoms with van der Waals surface area (Å²) in [7, 11) is 0. The molecule has 2 fully saturated rings. The lowest BCUT2D eigenvalue weighted by Crippen LogP contribution is -2.49. The number of urea groups is 1. The van der Waals surface area contributed by atoms with E-state index >= 15 is 4.39 Å². The van der Waals surface area contributed by atoms with Crippen molar-refractivity contribution < 1.29 is 23.8 Å². The number of piperazine rings is 1. The molecule has 1 aromatic carbocycles. The Balaban J connectivity index is 1.15. The maximum atomic E-state index is 15.0. The Morgan fingerprint density at radius 1 is 1.07 bits per heavy atom. The molecule has 0 spiro atoms. The molecular weight excluding hydrogens is 547 g/mol. The van der Waals surface area contributed by atoms with Crippen LogP contribution in [0, 0.1) is 5.82 Å². The van der Waals surface area contributed by atoms with Crippen LogP contribution in [0.25, 0.3) is 20.8 Å². The van der Waals surface area contributed by atoms with Crippen LogP contribution in [-0.4, -0.2) is 75.6 Å². The second kappa shape index (κ2) is 11.4. The molecule has 1 saturated carbocycles. The number of rotatable bonds is 8. The maximum Gasteiger partial charge on any atom is 0.319 e. The molecule has 4 aromatic rings. The Kier molecular flexibility index (Phi) is 7.52. The smallest absolute Gasteiger partial charge is 0.319 e. The molecule has 41 heavy (non-hydrogen) atoms. The van der Waals surface area contributed by atoms with Crippen LogP contribution in [0.4, 0.5) is 14.9 Å². The molecule has 1 aliphatic heterocycles. The van der Waals surface area contributed by atoms with Crippen LogP contribution in [0.1, 0.15) is 18.4 Å². The lowest BCUT2D eigenvalue weighted by Gasteiger charge is -2.34. The summed E-state index contributed by atoms with van der Waals surface area (Å²) in [4.78, 5) is 38.9. The van der Waals surface area contributed by atoms with Crippen molar-refractivity contribution >= 4 is 39.2 Å². The van der Waals surface area contributed by atoms with Gasteiger partial charge in [-0.1, -0.05) is 6.07 Å². The number of thiophene rings is 1. The van der Waals surface area contributed by atoms with E-state index in [2.05, 4.69) is 14.9 Å². The molecular formula is C29H29FN6O4S. The molecule has 4 heterocycles. The number of carbonyl (C=O) groups is 2. The standard InChI is InChI=1S/C29H29FN6O4S/c30-21-13-20(36(29(31)39)19-2-3-19)4-6-24(21)40-25-7-8-32-23-14-26(41-28(23)25)22-5-1-18(15-33-22)16-34-9-11-35(12-10-34)27(38)17-37/h1,4-8,13-15,19,37H,2-3,9-12,16-17H2,(H2,31,39). The van der Waals surface area contributed by atoms with Crippen LogP contribution in [0.5, 0.6) is 11.5 Å². The number of ether oxygens (including phenoxy) is 1. The van der Waals surface area contributed by atoms with Gasteiger partial charge in [0.05, 0.1) is 20.8 Å². The van der Waals surface area contributed by atoms with Crippen molar-refractivity contribution in [3.63, 3.8) is 0 Å². The summed E-state index contributed by atoms with van der Waals surface area (Å²) in [5.41, 5.74) is 8.49. The van der Waals surface area contributed by atoms with Crippen molar-refractivity contribution in [2.45, 2.75) is 25.4 Å². The summed E-state index contributed by atoms with van der Waals surface area (Å²) in [6, 6.07) is 11.5. The molecule has 212 valence electrons. The van der Waals surface area contributed by atoms with E-state index in [-0.39, 0.29) is 17.7 Å². The average molecular weight is 577 g/mol. The van der Waals surface area contributed by atoms with Crippen LogP contribution in [0.15, 0.2) is 54.9 Å². The van der Waals surface area contributed by atoms with E-state index in [4.69, 9.17) is 15.6 Å². The summed E-state index contributed by atoms with van der Waals surface area (Å²) in [6.07, 6.45) is 5.17. The van der Waals surface area contributed by atoms with Crippen molar-refractivity contribution in [1.29, 1.82) is 0 Å². The number of pyridine rings is 2. The third-order valence-electron chi connectivity index (χ3n) is 7.28. The van der Waals surface area contributed by atoms with Gasteiger partial charge in [-0.05, 0) is 42.7 Å². The highest BCUT2D eigenvalue weighted by Gasteiger charge is 2.33. The van der Waals surface area contributed by atoms with Crippen LogP contribution in [-0.2, 0) is 11.3 Å². The second-order valence-corrected chi connectivity index (χ2v) is 11.2. The summed E-state index contributed by atoms with van der Waals surface area (Å²) < 4.78 is 21.8. The number of hydrogen-bond acceptors (Lipinski definition) is 8. The first-order valence-corrected chi connectivity index (χ1v) is 14.2. The zero-order valence-corrected chi connectivity index (χ0v) is 23.0. The molecule has 0 radical (unpaired) electrons. The van der Waals surface area contributed by atoms with Gasteiger partial charge in [0, 0.05) is 69.0 Å². The number of amides is 3. The number of aliphatic hydroxyl groups excluding tert-OH is 1. The number of hydrogen-bond donors (Lipinski definition) is 2. The third kappa shape index (κ3) is 5.85. The van der Waals surface area contributed by atoms with Crippen molar-refractivity contribution in [1.82, 2.24) is 19.8 Å². The lowest BCUT2D eigenvalue weighted by molar-refractivity contribution is -0.136. The highest BCUT2D eigenvalue weighted by Crippen LogP contribution is 2.40. The molecule has 3 N–H and O–H groups in total. The molecule has 0 bridgehead atoms. The van der Waals surface area contributed by atoms with Gasteiger partial charge in [0.25, 0.3) is 0 Å². The van der Waals surface area contributed by atoms with Crippen molar-refractivity contribution in [3.8, 4) is 22.1 Å². The van der Waals surface area contributed by atoms with Crippen LogP contribution in [0.2, 0.25) is 0 Å². The van der Waals surface area contributed by atoms with Gasteiger partial charge in [0.2, 0.25) is 5.91 Å². The van der Waals surface area contributed by atoms with Crippen molar-refractivity contribution in [2.24, 2.45) is 5.73 Å². The van der Waals surface area contributed by atoms with E-state index in [1.165, 1.54) is 28.4 Å². The quantitative estimate of drug-likeness (QED) is 0.325. The number of fused-ring (bicyclic) bond motifs is 1. The van der Waals surface area contributed by atoms with E-state index in [9.17, 15) is 9.59 Å². The zero-order chi connectivity index (χ0) is 28.5. The Bertz CT molecular complexity index is 1580. The zero-order valence-electron chi connectivity index (χ0n) is 22.2. The molecule has 0 unspecified atom stereocenters. The number of nitrogens with zero attached hydrogens (tertiary/aromatic N) is 5. The van der Waals surface area contributed by atoms with E-state index in [0.717, 1.165) is 53.3 Å². The Morgan fingerprint density at radius 3 is 2.54 bits per heavy atom. The largest absolute Gasteiger partial charge is 0.453 e. The molecule has 1 aliphatic carbocycles. The van der Waals surface area contributed by atoms with Gasteiger partial charge >= 0.3 is 6.03 Å². The first-order valence-electron chi connectivity index (χ1n) is 13.4. The molecule has 1 saturated heterocycles. The van der Waals surface area contributed by atoms with Gasteiger partial charge in [0.15, 0.2) is 11.6 Å². The maximum absolute atomic E-state index is 15.0. The fourth-order valence-electron chi connectivity index (χ4n) is 4.99. The fourth-order valence-corrected chi connectivity index (χ4v) is 6.03. The van der Waals surface area contributed by atoms with E-state index in [1.54, 1.807) is 23.2 Å². The predicted molar refractivity (Wildman–Crippen MR) is 153 cm³/mol. The van der Waals surface area contributed by atoms with Crippen LogP contribution < -0.4 is 15.4 Å². The predicted octanol–water partition coefficient (Wildman–Crippen LogP) is 3.97. The minimum atomic E-state index is -0.598. The van der Waals surface area contributed by atoms with E-state index in [1.807, 2.05) is 24.4 Å². The van der Waals surface area contributed by atoms with Gasteiger partial charge in [-0.3, -0.25) is 24.6 Å². The Morgan fingerprint density at radius 2 is 1.88 bits per heavy atom. The molecule has 3 amide bonds. The Labute approximate surface area is 239 Å². The van der Waals surface area contributed by atoms with Gasteiger partial charge in [0.1, 0.15) is 12.4 Å². The summed E-state index contributed by atoms with van der Waals surface area (Å²) in [6.45, 7) is 2.96. The van der Waals surface area contributed by atoms with Crippen molar-refractivity contribution in [3.05, 3.63) is 66.2 Å². The number of aromatic nitrogens is 2. The van der Waals surface area contributed by atoms with E-state index < -0.39 is 18.5 Å². The third-order valence-corrected chi connectivity index (χ3v) is 8.44. The first kappa shape index (κ1) is 27.1. The normalized spacial score (nSPS) is 15.7. The SMILES string of the molecule is NC(=O)N(c1ccc(Oc2ccnc3cc(-c4ccc(CN5CCN(C(=O)CO)CC5)cn4)sc23)c(F)c1)C1CC1. The fraction of sp³-hybridized carbons (Fsp3) is 0.310. The second-order valence-electron chi connectivity index (χ2n) is 10.2. The van der Waals surface area contributed by atoms with Gasteiger partial charge in [-0.2, -0.15) is 0 Å². The molecule has 0 atom stereocenters. The summed E-state index contributed by atoms with van der Waals surface area (Å²) in [5.74, 6) is -0.303. The topological polar surface area (TPSA) is 125 Å². The lowest BCUT2D eigenvalue weighted by atomic mass is 10.2. The minimum Gasteiger partial charge on any atom is -0.453 e. The molecule has 3 aromatic heterocycles. The summed E-state index contributed by atoms with van der Waals surface area (Å²) in [5, 5.41) is 9.05. The molecule has 6 rings (SSSR count). The van der Waals surface area contributed by atoms with Gasteiger partial charge < -0.3 is 20.5 Å². The van der Waals surface area contributed by atoms with Crippen LogP contribution in [0.3, 0.4) is 0 Å². The highest BCUT2D eigenvalue weighted by molar-refractivity contribution is 7.22. The number of primary amides is 1. The number of benzene rings is 1. The molecule has 2 aliphatic rings. The number of aliphatic hydroxyl groups is 1. The first-order chi connectivity index (χ1) is 19.9. The summed E-state index contributed by atoms with van der Waals surface area (Å²) >= 11 is 1.46. The van der Waals surface area contributed by atoms with Crippen LogP contribution >= 0.6 is 11.3 Å². The molecule has 12 heteroatoms. The number of halogens is 1. The van der Waals surface area contributed by atoms with Crippen molar-refractivity contribution in [2.75, 3.05) is 37.7 Å². The average Bonchev–Trinajstić information content (AvgIpc) is 3.70.